The van der Waals surface area contributed by atoms with E-state index in [1.165, 1.54) is 17.0 Å². The molecular formula is C11H15N3O3. The van der Waals surface area contributed by atoms with Crippen LogP contribution in [-0.4, -0.2) is 26.2 Å². The average molecular weight is 237 g/mol. The van der Waals surface area contributed by atoms with E-state index in [2.05, 4.69) is 10.3 Å². The summed E-state index contributed by atoms with van der Waals surface area (Å²) in [7, 11) is 1.60. The van der Waals surface area contributed by atoms with E-state index in [4.69, 9.17) is 0 Å². The number of carboxylic acids is 1. The van der Waals surface area contributed by atoms with E-state index in [9.17, 15) is 14.7 Å². The molecule has 92 valence electrons. The predicted octanol–water partition coefficient (Wildman–Crippen LogP) is 0.445. The summed E-state index contributed by atoms with van der Waals surface area (Å²) in [6.45, 7) is 1.60. The van der Waals surface area contributed by atoms with Crippen LogP contribution >= 0.6 is 0 Å². The monoisotopic (exact) mass is 237 g/mol. The maximum atomic E-state index is 11.8. The van der Waals surface area contributed by atoms with Crippen LogP contribution in [0.25, 0.3) is 0 Å². The molecule has 1 heterocycles. The van der Waals surface area contributed by atoms with Gasteiger partial charge in [-0.25, -0.2) is 9.78 Å². The third-order valence-electron chi connectivity index (χ3n) is 3.23. The Labute approximate surface area is 98.3 Å². The molecule has 0 radical (unpaired) electrons. The second-order valence-electron chi connectivity index (χ2n) is 4.60. The number of aryl methyl sites for hydroxylation is 1. The van der Waals surface area contributed by atoms with Crippen LogP contribution in [0.1, 0.15) is 19.8 Å². The maximum absolute atomic E-state index is 11.8. The van der Waals surface area contributed by atoms with Crippen molar-refractivity contribution in [3.05, 3.63) is 22.7 Å². The smallest absolute Gasteiger partial charge is 0.329 e. The fraction of sp³-hybridized carbons (Fsp3) is 0.545. The number of anilines is 1. The van der Waals surface area contributed by atoms with E-state index >= 15 is 0 Å². The molecule has 0 bridgehead atoms. The lowest BCUT2D eigenvalue weighted by molar-refractivity contribution is -0.142. The number of aliphatic carboxylic acids is 1. The first-order valence-corrected chi connectivity index (χ1v) is 5.48. The Kier molecular flexibility index (Phi) is 2.65. The molecule has 1 aromatic rings. The molecule has 6 heteroatoms. The van der Waals surface area contributed by atoms with Gasteiger partial charge in [0.25, 0.3) is 5.56 Å². The van der Waals surface area contributed by atoms with Crippen molar-refractivity contribution >= 4 is 11.8 Å². The minimum absolute atomic E-state index is 0.0618. The second kappa shape index (κ2) is 3.87. The van der Waals surface area contributed by atoms with Gasteiger partial charge in [0.15, 0.2) is 5.82 Å². The third-order valence-corrected chi connectivity index (χ3v) is 3.23. The van der Waals surface area contributed by atoms with Gasteiger partial charge < -0.3 is 15.0 Å². The van der Waals surface area contributed by atoms with E-state index in [0.717, 1.165) is 12.8 Å². The number of nitrogens with one attached hydrogen (secondary N) is 1. The standard InChI is InChI=1S/C11H15N3O3/c1-11(10(16)17,7-3-4-7)13-8-9(15)14(2)6-5-12-8/h5-7H,3-4H2,1-2H3,(H,12,13)(H,16,17). The van der Waals surface area contributed by atoms with Crippen LogP contribution in [0.5, 0.6) is 0 Å². The highest BCUT2D eigenvalue weighted by molar-refractivity contribution is 5.82. The van der Waals surface area contributed by atoms with Gasteiger partial charge >= 0.3 is 5.97 Å². The van der Waals surface area contributed by atoms with Crippen molar-refractivity contribution in [3.8, 4) is 0 Å². The van der Waals surface area contributed by atoms with Crippen molar-refractivity contribution in [2.45, 2.75) is 25.3 Å². The highest BCUT2D eigenvalue weighted by Gasteiger charge is 2.48. The van der Waals surface area contributed by atoms with Gasteiger partial charge in [-0.2, -0.15) is 0 Å². The molecule has 0 amide bonds. The molecule has 2 N–H and O–H groups in total. The third kappa shape index (κ3) is 2.02. The SMILES string of the molecule is Cn1ccnc(NC(C)(C(=O)O)C2CC2)c1=O. The number of hydrogen-bond acceptors (Lipinski definition) is 4. The van der Waals surface area contributed by atoms with Gasteiger partial charge in [0.05, 0.1) is 0 Å². The molecule has 17 heavy (non-hydrogen) atoms. The van der Waals surface area contributed by atoms with Crippen LogP contribution in [0.3, 0.4) is 0 Å². The van der Waals surface area contributed by atoms with Crippen LogP contribution in [0, 0.1) is 5.92 Å². The summed E-state index contributed by atoms with van der Waals surface area (Å²) >= 11 is 0. The quantitative estimate of drug-likeness (QED) is 0.794. The number of hydrogen-bond donors (Lipinski definition) is 2. The van der Waals surface area contributed by atoms with E-state index in [1.807, 2.05) is 0 Å². The molecule has 1 aliphatic rings. The van der Waals surface area contributed by atoms with Gasteiger partial charge in [0.1, 0.15) is 5.54 Å². The van der Waals surface area contributed by atoms with Crippen LogP contribution in [0.15, 0.2) is 17.2 Å². The second-order valence-corrected chi connectivity index (χ2v) is 4.60. The van der Waals surface area contributed by atoms with Crippen LogP contribution in [0.4, 0.5) is 5.82 Å². The van der Waals surface area contributed by atoms with Gasteiger partial charge in [0.2, 0.25) is 0 Å². The van der Waals surface area contributed by atoms with Crippen LogP contribution in [-0.2, 0) is 11.8 Å². The summed E-state index contributed by atoms with van der Waals surface area (Å²) in [5, 5.41) is 12.0. The largest absolute Gasteiger partial charge is 0.480 e. The molecule has 0 saturated heterocycles. The Morgan fingerprint density at radius 1 is 1.65 bits per heavy atom. The molecule has 1 aliphatic carbocycles. The zero-order chi connectivity index (χ0) is 12.6. The molecule has 6 nitrogen and oxygen atoms in total. The molecule has 1 unspecified atom stereocenters. The minimum atomic E-state index is -1.11. The molecule has 0 aromatic carbocycles. The maximum Gasteiger partial charge on any atom is 0.329 e. The average Bonchev–Trinajstić information content (AvgIpc) is 3.08. The van der Waals surface area contributed by atoms with E-state index in [-0.39, 0.29) is 17.3 Å². The van der Waals surface area contributed by atoms with Crippen molar-refractivity contribution < 1.29 is 9.90 Å². The first-order chi connectivity index (χ1) is 7.95. The minimum Gasteiger partial charge on any atom is -0.480 e. The van der Waals surface area contributed by atoms with Crippen molar-refractivity contribution in [2.75, 3.05) is 5.32 Å². The first-order valence-electron chi connectivity index (χ1n) is 5.48. The normalized spacial score (nSPS) is 18.5. The number of aromatic nitrogens is 2. The Bertz CT molecular complexity index is 507. The summed E-state index contributed by atoms with van der Waals surface area (Å²) in [4.78, 5) is 27.0. The summed E-state index contributed by atoms with van der Waals surface area (Å²) in [5.41, 5.74) is -1.43. The van der Waals surface area contributed by atoms with Gasteiger partial charge in [-0.05, 0) is 25.7 Å². The highest BCUT2D eigenvalue weighted by Crippen LogP contribution is 2.41. The molecule has 1 atom stereocenters. The summed E-state index contributed by atoms with van der Waals surface area (Å²) in [5.74, 6) is -0.800. The Hall–Kier alpha value is -1.85. The van der Waals surface area contributed by atoms with Crippen molar-refractivity contribution in [1.29, 1.82) is 0 Å². The van der Waals surface area contributed by atoms with Gasteiger partial charge in [-0.15, -0.1) is 0 Å². The number of carboxylic acid groups (broad SMARTS) is 1. The molecule has 2 rings (SSSR count). The lowest BCUT2D eigenvalue weighted by Crippen LogP contribution is -2.47. The molecule has 1 fully saturated rings. The van der Waals surface area contributed by atoms with E-state index < -0.39 is 11.5 Å². The van der Waals surface area contributed by atoms with Crippen LogP contribution < -0.4 is 10.9 Å². The van der Waals surface area contributed by atoms with Gasteiger partial charge in [-0.3, -0.25) is 4.79 Å². The van der Waals surface area contributed by atoms with Gasteiger partial charge in [-0.1, -0.05) is 0 Å². The Morgan fingerprint density at radius 2 is 2.29 bits per heavy atom. The van der Waals surface area contributed by atoms with Crippen LogP contribution in [0.2, 0.25) is 0 Å². The lowest BCUT2D eigenvalue weighted by atomic mass is 9.96. The predicted molar refractivity (Wildman–Crippen MR) is 61.9 cm³/mol. The van der Waals surface area contributed by atoms with Crippen molar-refractivity contribution in [3.63, 3.8) is 0 Å². The molecule has 1 saturated carbocycles. The van der Waals surface area contributed by atoms with Crippen molar-refractivity contribution in [1.82, 2.24) is 9.55 Å². The highest BCUT2D eigenvalue weighted by atomic mass is 16.4. The summed E-state index contributed by atoms with van der Waals surface area (Å²) in [6, 6.07) is 0. The molecular weight excluding hydrogens is 222 g/mol. The first kappa shape index (κ1) is 11.6. The Morgan fingerprint density at radius 3 is 2.82 bits per heavy atom. The summed E-state index contributed by atoms with van der Waals surface area (Å²) in [6.07, 6.45) is 4.73. The summed E-state index contributed by atoms with van der Waals surface area (Å²) < 4.78 is 1.37. The van der Waals surface area contributed by atoms with E-state index in [0.29, 0.717) is 0 Å². The number of carbonyl (C=O) groups is 1. The molecule has 0 aliphatic heterocycles. The zero-order valence-electron chi connectivity index (χ0n) is 9.80. The zero-order valence-corrected chi connectivity index (χ0v) is 9.80. The Balaban J connectivity index is 2.33. The van der Waals surface area contributed by atoms with E-state index in [1.54, 1.807) is 14.0 Å². The fourth-order valence-corrected chi connectivity index (χ4v) is 1.82. The van der Waals surface area contributed by atoms with Crippen molar-refractivity contribution in [2.24, 2.45) is 13.0 Å². The molecule has 1 aromatic heterocycles. The lowest BCUT2D eigenvalue weighted by Gasteiger charge is -2.26. The topological polar surface area (TPSA) is 84.2 Å². The number of nitrogens with zero attached hydrogens (tertiary/aromatic N) is 2. The van der Waals surface area contributed by atoms with Gasteiger partial charge in [0, 0.05) is 19.4 Å². The molecule has 0 spiro atoms. The fourth-order valence-electron chi connectivity index (χ4n) is 1.82. The number of rotatable bonds is 4.